The Balaban J connectivity index is 1.46. The second kappa shape index (κ2) is 7.07. The maximum Gasteiger partial charge on any atom is 0.241 e. The Morgan fingerprint density at radius 2 is 2.10 bits per heavy atom. The van der Waals surface area contributed by atoms with Gasteiger partial charge in [-0.1, -0.05) is 0 Å². The molecule has 0 aliphatic heterocycles. The third-order valence-electron chi connectivity index (χ3n) is 5.55. The van der Waals surface area contributed by atoms with Gasteiger partial charge in [0.15, 0.2) is 5.65 Å². The largest absolute Gasteiger partial charge is 0.381 e. The van der Waals surface area contributed by atoms with Crippen molar-refractivity contribution < 1.29 is 9.13 Å². The number of fused-ring (bicyclic) bond motifs is 2. The van der Waals surface area contributed by atoms with Crippen LogP contribution in [0.25, 0.3) is 27.9 Å². The van der Waals surface area contributed by atoms with E-state index in [4.69, 9.17) is 9.72 Å². The molecule has 4 aromatic rings. The summed E-state index contributed by atoms with van der Waals surface area (Å²) in [6.07, 6.45) is 5.94. The summed E-state index contributed by atoms with van der Waals surface area (Å²) >= 11 is 0. The molecule has 1 saturated carbocycles. The van der Waals surface area contributed by atoms with Crippen LogP contribution in [0, 0.1) is 6.92 Å². The van der Waals surface area contributed by atoms with E-state index < -0.39 is 6.67 Å². The van der Waals surface area contributed by atoms with Crippen LogP contribution >= 0.6 is 0 Å². The summed E-state index contributed by atoms with van der Waals surface area (Å²) in [6.45, 7) is 1.66. The summed E-state index contributed by atoms with van der Waals surface area (Å²) in [6, 6.07) is 6.16. The van der Waals surface area contributed by atoms with Crippen molar-refractivity contribution in [3.05, 3.63) is 36.4 Å². The van der Waals surface area contributed by atoms with Crippen LogP contribution in [0.5, 0.6) is 0 Å². The standard InChI is InChI=1S/C20H22FN7O/c1-12-23-17-4-3-16(25-19(17)27(12)8-6-21)15-5-7-28-18(15)11-22-20(26-28)24-13-9-14(10-13)29-2/h3-5,7,11,13-14H,6,8-10H2,1-2H3,(H,24,26)/t13-,14+. The summed E-state index contributed by atoms with van der Waals surface area (Å²) in [5.74, 6) is 1.36. The molecule has 0 amide bonds. The zero-order valence-electron chi connectivity index (χ0n) is 16.3. The first-order valence-electron chi connectivity index (χ1n) is 9.70. The molecule has 1 fully saturated rings. The van der Waals surface area contributed by atoms with Crippen molar-refractivity contribution in [1.29, 1.82) is 0 Å². The number of methoxy groups -OCH3 is 1. The van der Waals surface area contributed by atoms with Crippen molar-refractivity contribution in [3.8, 4) is 11.3 Å². The zero-order valence-corrected chi connectivity index (χ0v) is 16.3. The zero-order chi connectivity index (χ0) is 20.0. The summed E-state index contributed by atoms with van der Waals surface area (Å²) in [4.78, 5) is 13.7. The normalized spacial score (nSPS) is 19.0. The van der Waals surface area contributed by atoms with E-state index in [1.165, 1.54) is 0 Å². The van der Waals surface area contributed by atoms with Crippen LogP contribution in [-0.2, 0) is 11.3 Å². The van der Waals surface area contributed by atoms with Crippen LogP contribution < -0.4 is 5.32 Å². The number of aryl methyl sites for hydroxylation is 2. The monoisotopic (exact) mass is 395 g/mol. The number of ether oxygens (including phenoxy) is 1. The van der Waals surface area contributed by atoms with Gasteiger partial charge in [-0.2, -0.15) is 0 Å². The summed E-state index contributed by atoms with van der Waals surface area (Å²) in [5, 5.41) is 7.91. The fourth-order valence-corrected chi connectivity index (χ4v) is 3.86. The number of alkyl halides is 1. The van der Waals surface area contributed by atoms with Gasteiger partial charge in [0.1, 0.15) is 18.0 Å². The highest BCUT2D eigenvalue weighted by atomic mass is 19.1. The molecule has 0 spiro atoms. The highest BCUT2D eigenvalue weighted by molar-refractivity contribution is 5.82. The molecule has 4 heterocycles. The molecule has 29 heavy (non-hydrogen) atoms. The van der Waals surface area contributed by atoms with Crippen molar-refractivity contribution in [2.45, 2.75) is 38.5 Å². The number of nitrogens with one attached hydrogen (secondary N) is 1. The third kappa shape index (κ3) is 3.11. The van der Waals surface area contributed by atoms with Crippen LogP contribution in [0.4, 0.5) is 10.3 Å². The molecule has 0 atom stereocenters. The van der Waals surface area contributed by atoms with Crippen LogP contribution in [0.2, 0.25) is 0 Å². The Morgan fingerprint density at radius 3 is 2.90 bits per heavy atom. The molecule has 0 saturated heterocycles. The first-order valence-corrected chi connectivity index (χ1v) is 9.70. The van der Waals surface area contributed by atoms with E-state index in [1.807, 2.05) is 35.9 Å². The molecule has 1 N–H and O–H groups in total. The molecule has 0 bridgehead atoms. The maximum atomic E-state index is 12.9. The Hall–Kier alpha value is -3.07. The summed E-state index contributed by atoms with van der Waals surface area (Å²) in [5.41, 5.74) is 4.02. The quantitative estimate of drug-likeness (QED) is 0.540. The summed E-state index contributed by atoms with van der Waals surface area (Å²) in [7, 11) is 1.74. The van der Waals surface area contributed by atoms with E-state index in [0.717, 1.165) is 41.0 Å². The SMILES string of the molecule is CO[C@H]1C[C@@H](Nc2ncc3c(-c4ccc5nc(C)n(CCF)c5n4)ccn3n2)C1. The number of aromatic nitrogens is 6. The number of rotatable bonds is 6. The van der Waals surface area contributed by atoms with Gasteiger partial charge in [0.05, 0.1) is 30.1 Å². The van der Waals surface area contributed by atoms with Crippen molar-refractivity contribution in [2.75, 3.05) is 19.1 Å². The van der Waals surface area contributed by atoms with E-state index in [2.05, 4.69) is 20.4 Å². The molecule has 1 aliphatic rings. The second-order valence-corrected chi connectivity index (χ2v) is 7.35. The average molecular weight is 395 g/mol. The molecule has 0 unspecified atom stereocenters. The summed E-state index contributed by atoms with van der Waals surface area (Å²) < 4.78 is 21.9. The van der Waals surface area contributed by atoms with Gasteiger partial charge in [0, 0.05) is 24.9 Å². The molecule has 150 valence electrons. The van der Waals surface area contributed by atoms with Crippen molar-refractivity contribution in [2.24, 2.45) is 0 Å². The Labute approximate surface area is 166 Å². The van der Waals surface area contributed by atoms with Gasteiger partial charge >= 0.3 is 0 Å². The fraction of sp³-hybridized carbons (Fsp3) is 0.400. The molecule has 0 radical (unpaired) electrons. The molecular weight excluding hydrogens is 373 g/mol. The van der Waals surface area contributed by atoms with Crippen LogP contribution in [0.15, 0.2) is 30.6 Å². The molecule has 0 aromatic carbocycles. The Kier molecular flexibility index (Phi) is 4.39. The van der Waals surface area contributed by atoms with Crippen LogP contribution in [-0.4, -0.2) is 55.1 Å². The second-order valence-electron chi connectivity index (χ2n) is 7.35. The molecule has 9 heteroatoms. The smallest absolute Gasteiger partial charge is 0.241 e. The Bertz CT molecular complexity index is 1180. The minimum Gasteiger partial charge on any atom is -0.381 e. The van der Waals surface area contributed by atoms with Gasteiger partial charge < -0.3 is 14.6 Å². The molecular formula is C20H22FN7O. The predicted octanol–water partition coefficient (Wildman–Crippen LogP) is 3.01. The van der Waals surface area contributed by atoms with E-state index in [9.17, 15) is 4.39 Å². The van der Waals surface area contributed by atoms with Crippen molar-refractivity contribution in [3.63, 3.8) is 0 Å². The Morgan fingerprint density at radius 1 is 1.24 bits per heavy atom. The van der Waals surface area contributed by atoms with Crippen LogP contribution in [0.3, 0.4) is 0 Å². The lowest BCUT2D eigenvalue weighted by Crippen LogP contribution is -2.40. The number of hydrogen-bond donors (Lipinski definition) is 1. The van der Waals surface area contributed by atoms with Gasteiger partial charge in [0.25, 0.3) is 0 Å². The van der Waals surface area contributed by atoms with Gasteiger partial charge in [-0.3, -0.25) is 0 Å². The van der Waals surface area contributed by atoms with Gasteiger partial charge in [0.2, 0.25) is 5.95 Å². The van der Waals surface area contributed by atoms with E-state index >= 15 is 0 Å². The number of nitrogens with zero attached hydrogens (tertiary/aromatic N) is 6. The fourth-order valence-electron chi connectivity index (χ4n) is 3.86. The van der Waals surface area contributed by atoms with Gasteiger partial charge in [-0.15, -0.1) is 5.10 Å². The van der Waals surface area contributed by atoms with Crippen molar-refractivity contribution >= 4 is 22.6 Å². The average Bonchev–Trinajstić information content (AvgIpc) is 3.25. The minimum absolute atomic E-state index is 0.249. The molecule has 5 rings (SSSR count). The van der Waals surface area contributed by atoms with Gasteiger partial charge in [-0.25, -0.2) is 23.9 Å². The lowest BCUT2D eigenvalue weighted by molar-refractivity contribution is 0.0326. The lowest BCUT2D eigenvalue weighted by Gasteiger charge is -2.34. The number of imidazole rings is 1. The van der Waals surface area contributed by atoms with Crippen molar-refractivity contribution in [1.82, 2.24) is 29.1 Å². The first kappa shape index (κ1) is 18.0. The molecule has 1 aliphatic carbocycles. The van der Waals surface area contributed by atoms with Gasteiger partial charge in [-0.05, 0) is 38.0 Å². The van der Waals surface area contributed by atoms with Crippen LogP contribution in [0.1, 0.15) is 18.7 Å². The minimum atomic E-state index is -0.455. The molecule has 8 nitrogen and oxygen atoms in total. The highest BCUT2D eigenvalue weighted by Crippen LogP contribution is 2.28. The third-order valence-corrected chi connectivity index (χ3v) is 5.55. The maximum absolute atomic E-state index is 12.9. The predicted molar refractivity (Wildman–Crippen MR) is 108 cm³/mol. The van der Waals surface area contributed by atoms with E-state index in [-0.39, 0.29) is 6.54 Å². The topological polar surface area (TPSA) is 82.2 Å². The van der Waals surface area contributed by atoms with E-state index in [1.54, 1.807) is 17.8 Å². The van der Waals surface area contributed by atoms with E-state index in [0.29, 0.717) is 23.7 Å². The lowest BCUT2D eigenvalue weighted by atomic mass is 9.89. The number of pyridine rings is 1. The number of halogens is 1. The molecule has 4 aromatic heterocycles. The number of anilines is 1. The first-order chi connectivity index (χ1) is 14.2. The highest BCUT2D eigenvalue weighted by Gasteiger charge is 2.29. The number of hydrogen-bond acceptors (Lipinski definition) is 6.